The molecule has 17 heavy (non-hydrogen) atoms. The second-order valence-electron chi connectivity index (χ2n) is 4.61. The Morgan fingerprint density at radius 2 is 2.18 bits per heavy atom. The Labute approximate surface area is 104 Å². The summed E-state index contributed by atoms with van der Waals surface area (Å²) in [6.45, 7) is 5.03. The van der Waals surface area contributed by atoms with Crippen LogP contribution in [0.15, 0.2) is 30.3 Å². The van der Waals surface area contributed by atoms with E-state index in [4.69, 9.17) is 4.74 Å². The third kappa shape index (κ3) is 4.11. The van der Waals surface area contributed by atoms with E-state index in [9.17, 15) is 0 Å². The van der Waals surface area contributed by atoms with Gasteiger partial charge in [-0.3, -0.25) is 4.90 Å². The summed E-state index contributed by atoms with van der Waals surface area (Å²) in [4.78, 5) is 2.47. The lowest BCUT2D eigenvalue weighted by Crippen LogP contribution is -2.25. The molecule has 94 valence electrons. The van der Waals surface area contributed by atoms with Gasteiger partial charge in [0.1, 0.15) is 0 Å². The van der Waals surface area contributed by atoms with Crippen LogP contribution in [0.4, 0.5) is 0 Å². The van der Waals surface area contributed by atoms with E-state index in [0.717, 1.165) is 39.2 Å². The van der Waals surface area contributed by atoms with Gasteiger partial charge in [-0.15, -0.1) is 0 Å². The van der Waals surface area contributed by atoms with Crippen molar-refractivity contribution >= 4 is 0 Å². The van der Waals surface area contributed by atoms with Crippen molar-refractivity contribution in [1.82, 2.24) is 10.2 Å². The lowest BCUT2D eigenvalue weighted by atomic mass is 10.2. The third-order valence-electron chi connectivity index (χ3n) is 3.18. The lowest BCUT2D eigenvalue weighted by Gasteiger charge is -2.16. The summed E-state index contributed by atoms with van der Waals surface area (Å²) in [6.07, 6.45) is 1.59. The fraction of sp³-hybridized carbons (Fsp3) is 0.571. The van der Waals surface area contributed by atoms with Crippen LogP contribution in [0.5, 0.6) is 0 Å². The van der Waals surface area contributed by atoms with E-state index in [1.54, 1.807) is 0 Å². The van der Waals surface area contributed by atoms with Crippen molar-refractivity contribution in [2.75, 3.05) is 33.3 Å². The van der Waals surface area contributed by atoms with Gasteiger partial charge in [0.15, 0.2) is 0 Å². The molecule has 1 aromatic rings. The number of hydrogen-bond donors (Lipinski definition) is 1. The molecule has 0 radical (unpaired) electrons. The molecule has 1 heterocycles. The number of hydrogen-bond acceptors (Lipinski definition) is 3. The van der Waals surface area contributed by atoms with Gasteiger partial charge >= 0.3 is 0 Å². The minimum Gasteiger partial charge on any atom is -0.376 e. The van der Waals surface area contributed by atoms with Gasteiger partial charge in [0, 0.05) is 26.2 Å². The standard InChI is InChI=1S/C14H22N2O/c1-15-8-10-17-14-7-9-16(12-14)11-13-5-3-2-4-6-13/h2-6,14-15H,7-12H2,1H3. The molecule has 0 aliphatic carbocycles. The second-order valence-corrected chi connectivity index (χ2v) is 4.61. The van der Waals surface area contributed by atoms with Crippen molar-refractivity contribution in [3.8, 4) is 0 Å². The predicted molar refractivity (Wildman–Crippen MR) is 70.0 cm³/mol. The average Bonchev–Trinajstić information content (AvgIpc) is 2.79. The number of rotatable bonds is 6. The zero-order valence-electron chi connectivity index (χ0n) is 10.6. The molecule has 0 saturated carbocycles. The smallest absolute Gasteiger partial charge is 0.0714 e. The minimum atomic E-state index is 0.423. The van der Waals surface area contributed by atoms with Crippen LogP contribution in [0, 0.1) is 0 Å². The minimum absolute atomic E-state index is 0.423. The topological polar surface area (TPSA) is 24.5 Å². The molecule has 2 rings (SSSR count). The molecule has 1 aliphatic rings. The highest BCUT2D eigenvalue weighted by Gasteiger charge is 2.22. The summed E-state index contributed by atoms with van der Waals surface area (Å²) in [6, 6.07) is 10.7. The van der Waals surface area contributed by atoms with Crippen LogP contribution in [0.25, 0.3) is 0 Å². The summed E-state index contributed by atoms with van der Waals surface area (Å²) in [5, 5.41) is 3.10. The van der Waals surface area contributed by atoms with E-state index >= 15 is 0 Å². The Morgan fingerprint density at radius 3 is 2.94 bits per heavy atom. The van der Waals surface area contributed by atoms with Gasteiger partial charge < -0.3 is 10.1 Å². The first-order valence-corrected chi connectivity index (χ1v) is 6.41. The number of nitrogens with zero attached hydrogens (tertiary/aromatic N) is 1. The SMILES string of the molecule is CNCCOC1CCN(Cc2ccccc2)C1. The van der Waals surface area contributed by atoms with Gasteiger partial charge in [0.05, 0.1) is 12.7 Å². The molecular weight excluding hydrogens is 212 g/mol. The molecule has 1 saturated heterocycles. The zero-order chi connectivity index (χ0) is 11.9. The van der Waals surface area contributed by atoms with Crippen LogP contribution in [0.1, 0.15) is 12.0 Å². The van der Waals surface area contributed by atoms with Crippen LogP contribution in [0.2, 0.25) is 0 Å². The molecule has 1 unspecified atom stereocenters. The van der Waals surface area contributed by atoms with Gasteiger partial charge in [-0.25, -0.2) is 0 Å². The molecule has 1 aliphatic heterocycles. The monoisotopic (exact) mass is 234 g/mol. The van der Waals surface area contributed by atoms with Crippen molar-refractivity contribution < 1.29 is 4.74 Å². The van der Waals surface area contributed by atoms with Crippen molar-refractivity contribution in [2.45, 2.75) is 19.1 Å². The summed E-state index contributed by atoms with van der Waals surface area (Å²) in [5.41, 5.74) is 1.39. The Balaban J connectivity index is 1.71. The molecule has 3 heteroatoms. The van der Waals surface area contributed by atoms with Crippen LogP contribution in [-0.4, -0.2) is 44.3 Å². The molecule has 1 fully saturated rings. The first kappa shape index (κ1) is 12.6. The highest BCUT2D eigenvalue weighted by Crippen LogP contribution is 2.15. The van der Waals surface area contributed by atoms with E-state index in [2.05, 4.69) is 40.5 Å². The quantitative estimate of drug-likeness (QED) is 0.755. The van der Waals surface area contributed by atoms with Gasteiger partial charge in [0.25, 0.3) is 0 Å². The Bertz CT molecular complexity index is 315. The van der Waals surface area contributed by atoms with Crippen LogP contribution in [0.3, 0.4) is 0 Å². The molecule has 1 aromatic carbocycles. The van der Waals surface area contributed by atoms with Crippen molar-refractivity contribution in [1.29, 1.82) is 0 Å². The summed E-state index contributed by atoms with van der Waals surface area (Å²) in [7, 11) is 1.96. The molecule has 0 aromatic heterocycles. The number of likely N-dealkylation sites (N-methyl/N-ethyl adjacent to an activating group) is 1. The van der Waals surface area contributed by atoms with Gasteiger partial charge in [-0.05, 0) is 19.0 Å². The van der Waals surface area contributed by atoms with Crippen molar-refractivity contribution in [3.63, 3.8) is 0 Å². The number of nitrogens with one attached hydrogen (secondary N) is 1. The maximum Gasteiger partial charge on any atom is 0.0714 e. The molecule has 0 amide bonds. The first-order chi connectivity index (χ1) is 8.38. The van der Waals surface area contributed by atoms with Crippen LogP contribution in [-0.2, 0) is 11.3 Å². The summed E-state index contributed by atoms with van der Waals surface area (Å²) >= 11 is 0. The van der Waals surface area contributed by atoms with E-state index < -0.39 is 0 Å². The highest BCUT2D eigenvalue weighted by atomic mass is 16.5. The van der Waals surface area contributed by atoms with Crippen molar-refractivity contribution in [2.24, 2.45) is 0 Å². The summed E-state index contributed by atoms with van der Waals surface area (Å²) in [5.74, 6) is 0. The Kier molecular flexibility index (Phi) is 4.98. The van der Waals surface area contributed by atoms with Gasteiger partial charge in [0.2, 0.25) is 0 Å². The van der Waals surface area contributed by atoms with E-state index in [0.29, 0.717) is 6.10 Å². The maximum absolute atomic E-state index is 5.81. The molecule has 1 atom stereocenters. The van der Waals surface area contributed by atoms with Crippen molar-refractivity contribution in [3.05, 3.63) is 35.9 Å². The highest BCUT2D eigenvalue weighted by molar-refractivity contribution is 5.14. The fourth-order valence-corrected chi connectivity index (χ4v) is 2.25. The molecular formula is C14H22N2O. The summed E-state index contributed by atoms with van der Waals surface area (Å²) < 4.78 is 5.81. The fourth-order valence-electron chi connectivity index (χ4n) is 2.25. The molecule has 0 spiro atoms. The number of ether oxygens (including phenoxy) is 1. The third-order valence-corrected chi connectivity index (χ3v) is 3.18. The van der Waals surface area contributed by atoms with Gasteiger partial charge in [-0.2, -0.15) is 0 Å². The van der Waals surface area contributed by atoms with E-state index in [1.165, 1.54) is 5.56 Å². The first-order valence-electron chi connectivity index (χ1n) is 6.41. The van der Waals surface area contributed by atoms with Crippen LogP contribution < -0.4 is 5.32 Å². The number of likely N-dealkylation sites (tertiary alicyclic amines) is 1. The average molecular weight is 234 g/mol. The van der Waals surface area contributed by atoms with E-state index in [-0.39, 0.29) is 0 Å². The Morgan fingerprint density at radius 1 is 1.35 bits per heavy atom. The molecule has 1 N–H and O–H groups in total. The number of benzene rings is 1. The second kappa shape index (κ2) is 6.74. The maximum atomic E-state index is 5.81. The van der Waals surface area contributed by atoms with Gasteiger partial charge in [-0.1, -0.05) is 30.3 Å². The normalized spacial score (nSPS) is 20.9. The predicted octanol–water partition coefficient (Wildman–Crippen LogP) is 1.50. The lowest BCUT2D eigenvalue weighted by molar-refractivity contribution is 0.0613. The largest absolute Gasteiger partial charge is 0.376 e. The Hall–Kier alpha value is -0.900. The van der Waals surface area contributed by atoms with Crippen LogP contribution >= 0.6 is 0 Å². The molecule has 0 bridgehead atoms. The zero-order valence-corrected chi connectivity index (χ0v) is 10.6. The molecule has 3 nitrogen and oxygen atoms in total. The van der Waals surface area contributed by atoms with E-state index in [1.807, 2.05) is 7.05 Å².